The molecule has 2 atom stereocenters. The van der Waals surface area contributed by atoms with Crippen LogP contribution in [0.5, 0.6) is 5.75 Å². The van der Waals surface area contributed by atoms with Crippen LogP contribution in [-0.2, 0) is 4.74 Å². The zero-order valence-corrected chi connectivity index (χ0v) is 11.6. The second-order valence-electron chi connectivity index (χ2n) is 5.00. The number of carboxylic acid groups (broad SMARTS) is 1. The van der Waals surface area contributed by atoms with Gasteiger partial charge < -0.3 is 25.6 Å². The fraction of sp³-hybridized carbons (Fsp3) is 0.429. The maximum atomic E-state index is 11.8. The van der Waals surface area contributed by atoms with Crippen molar-refractivity contribution in [1.82, 2.24) is 5.32 Å². The average Bonchev–Trinajstić information content (AvgIpc) is 2.85. The lowest BCUT2D eigenvalue weighted by molar-refractivity contribution is 0.0693. The van der Waals surface area contributed by atoms with Crippen LogP contribution in [0.1, 0.15) is 29.6 Å². The summed E-state index contributed by atoms with van der Waals surface area (Å²) in [6, 6.07) is 3.54. The molecule has 21 heavy (non-hydrogen) atoms. The van der Waals surface area contributed by atoms with Gasteiger partial charge in [-0.2, -0.15) is 0 Å². The van der Waals surface area contributed by atoms with Crippen LogP contribution in [0.2, 0.25) is 0 Å². The fourth-order valence-electron chi connectivity index (χ4n) is 2.43. The summed E-state index contributed by atoms with van der Waals surface area (Å²) in [5.41, 5.74) is 0.121. The lowest BCUT2D eigenvalue weighted by atomic mass is 10.2. The van der Waals surface area contributed by atoms with E-state index in [4.69, 9.17) is 9.84 Å². The van der Waals surface area contributed by atoms with Crippen LogP contribution in [-0.4, -0.2) is 41.5 Å². The fourth-order valence-corrected chi connectivity index (χ4v) is 2.43. The summed E-state index contributed by atoms with van der Waals surface area (Å²) in [5.74, 6) is -1.61. The molecule has 1 aliphatic carbocycles. The van der Waals surface area contributed by atoms with E-state index in [1.807, 2.05) is 0 Å². The Balaban J connectivity index is 1.91. The first kappa shape index (κ1) is 15.1. The van der Waals surface area contributed by atoms with Crippen molar-refractivity contribution in [2.24, 2.45) is 0 Å². The molecule has 0 bridgehead atoms. The summed E-state index contributed by atoms with van der Waals surface area (Å²) < 4.78 is 5.23. The van der Waals surface area contributed by atoms with E-state index in [-0.39, 0.29) is 29.5 Å². The first-order valence-corrected chi connectivity index (χ1v) is 6.66. The predicted octanol–water partition coefficient (Wildman–Crippen LogP) is 1.78. The van der Waals surface area contributed by atoms with E-state index >= 15 is 0 Å². The van der Waals surface area contributed by atoms with Crippen LogP contribution in [0, 0.1) is 0 Å². The molecule has 4 N–H and O–H groups in total. The maximum Gasteiger partial charge on any atom is 0.339 e. The van der Waals surface area contributed by atoms with E-state index in [0.29, 0.717) is 5.69 Å². The van der Waals surface area contributed by atoms with Gasteiger partial charge in [-0.15, -0.1) is 0 Å². The number of hydrogen-bond acceptors (Lipinski definition) is 4. The van der Waals surface area contributed by atoms with Crippen LogP contribution in [0.15, 0.2) is 18.2 Å². The molecule has 0 spiro atoms. The Morgan fingerprint density at radius 3 is 2.67 bits per heavy atom. The number of urea groups is 1. The molecule has 7 heteroatoms. The zero-order chi connectivity index (χ0) is 15.4. The van der Waals surface area contributed by atoms with Crippen molar-refractivity contribution in [3.05, 3.63) is 23.8 Å². The SMILES string of the molecule is COC1CCC(NC(=O)Nc2ccc(C(=O)O)c(O)c2)C1. The Hall–Kier alpha value is -2.28. The van der Waals surface area contributed by atoms with Crippen molar-refractivity contribution in [1.29, 1.82) is 0 Å². The number of rotatable bonds is 4. The maximum absolute atomic E-state index is 11.8. The molecule has 0 aromatic heterocycles. The average molecular weight is 294 g/mol. The van der Waals surface area contributed by atoms with Gasteiger partial charge in [0.1, 0.15) is 11.3 Å². The lowest BCUT2D eigenvalue weighted by Crippen LogP contribution is -2.36. The Bertz CT molecular complexity index is 546. The van der Waals surface area contributed by atoms with Crippen molar-refractivity contribution < 1.29 is 24.5 Å². The highest BCUT2D eigenvalue weighted by atomic mass is 16.5. The molecular formula is C14H18N2O5. The minimum absolute atomic E-state index is 0.0573. The van der Waals surface area contributed by atoms with Crippen LogP contribution in [0.25, 0.3) is 0 Å². The Morgan fingerprint density at radius 2 is 2.10 bits per heavy atom. The highest BCUT2D eigenvalue weighted by Gasteiger charge is 2.25. The number of anilines is 1. The number of aromatic carboxylic acids is 1. The van der Waals surface area contributed by atoms with Crippen molar-refractivity contribution in [2.45, 2.75) is 31.4 Å². The van der Waals surface area contributed by atoms with Gasteiger partial charge in [0.25, 0.3) is 0 Å². The normalized spacial score (nSPS) is 21.0. The second kappa shape index (κ2) is 6.45. The van der Waals surface area contributed by atoms with Gasteiger partial charge in [0.2, 0.25) is 0 Å². The molecule has 114 valence electrons. The Labute approximate surface area is 121 Å². The number of carbonyl (C=O) groups excluding carboxylic acids is 1. The molecule has 1 fully saturated rings. The first-order chi connectivity index (χ1) is 9.99. The third-order valence-electron chi connectivity index (χ3n) is 3.54. The van der Waals surface area contributed by atoms with Crippen LogP contribution < -0.4 is 10.6 Å². The lowest BCUT2D eigenvalue weighted by Gasteiger charge is -2.14. The molecule has 7 nitrogen and oxygen atoms in total. The molecule has 1 aliphatic rings. The van der Waals surface area contributed by atoms with Crippen molar-refractivity contribution in [3.63, 3.8) is 0 Å². The van der Waals surface area contributed by atoms with Crippen LogP contribution >= 0.6 is 0 Å². The number of phenols is 1. The van der Waals surface area contributed by atoms with Gasteiger partial charge >= 0.3 is 12.0 Å². The molecule has 0 saturated heterocycles. The quantitative estimate of drug-likeness (QED) is 0.677. The summed E-state index contributed by atoms with van der Waals surface area (Å²) in [6.45, 7) is 0. The van der Waals surface area contributed by atoms with Crippen molar-refractivity contribution >= 4 is 17.7 Å². The van der Waals surface area contributed by atoms with E-state index < -0.39 is 5.97 Å². The predicted molar refractivity (Wildman–Crippen MR) is 75.7 cm³/mol. The third-order valence-corrected chi connectivity index (χ3v) is 3.54. The molecule has 0 radical (unpaired) electrons. The van der Waals surface area contributed by atoms with E-state index in [1.54, 1.807) is 7.11 Å². The number of amides is 2. The molecule has 0 aliphatic heterocycles. The van der Waals surface area contributed by atoms with Crippen molar-refractivity contribution in [3.8, 4) is 5.75 Å². The molecule has 2 unspecified atom stereocenters. The summed E-state index contributed by atoms with van der Waals surface area (Å²) in [4.78, 5) is 22.6. The molecule has 1 aromatic rings. The number of benzene rings is 1. The number of carboxylic acids is 1. The number of methoxy groups -OCH3 is 1. The topological polar surface area (TPSA) is 108 Å². The van der Waals surface area contributed by atoms with Crippen LogP contribution in [0.3, 0.4) is 0 Å². The number of ether oxygens (including phenoxy) is 1. The highest BCUT2D eigenvalue weighted by Crippen LogP contribution is 2.23. The molecular weight excluding hydrogens is 276 g/mol. The second-order valence-corrected chi connectivity index (χ2v) is 5.00. The molecule has 1 saturated carbocycles. The van der Waals surface area contributed by atoms with E-state index in [1.165, 1.54) is 18.2 Å². The van der Waals surface area contributed by atoms with E-state index in [0.717, 1.165) is 19.3 Å². The highest BCUT2D eigenvalue weighted by molar-refractivity contribution is 5.94. The Kier molecular flexibility index (Phi) is 4.64. The monoisotopic (exact) mass is 294 g/mol. The van der Waals surface area contributed by atoms with Crippen LogP contribution in [0.4, 0.5) is 10.5 Å². The van der Waals surface area contributed by atoms with Crippen molar-refractivity contribution in [2.75, 3.05) is 12.4 Å². The van der Waals surface area contributed by atoms with Gasteiger partial charge in [-0.05, 0) is 31.4 Å². The van der Waals surface area contributed by atoms with Gasteiger partial charge in [0.15, 0.2) is 0 Å². The smallest absolute Gasteiger partial charge is 0.339 e. The largest absolute Gasteiger partial charge is 0.507 e. The van der Waals surface area contributed by atoms with Gasteiger partial charge in [-0.3, -0.25) is 0 Å². The summed E-state index contributed by atoms with van der Waals surface area (Å²) in [6.07, 6.45) is 2.71. The summed E-state index contributed by atoms with van der Waals surface area (Å²) in [7, 11) is 1.65. The number of hydrogen-bond donors (Lipinski definition) is 4. The standard InChI is InChI=1S/C14H18N2O5/c1-21-10-4-2-8(6-10)15-14(20)16-9-3-5-11(13(18)19)12(17)7-9/h3,5,7-8,10,17H,2,4,6H2,1H3,(H,18,19)(H2,15,16,20). The zero-order valence-electron chi connectivity index (χ0n) is 11.6. The van der Waals surface area contributed by atoms with Gasteiger partial charge in [-0.25, -0.2) is 9.59 Å². The molecule has 2 amide bonds. The minimum atomic E-state index is -1.22. The number of carbonyl (C=O) groups is 2. The Morgan fingerprint density at radius 1 is 1.33 bits per heavy atom. The molecule has 1 aromatic carbocycles. The third kappa shape index (κ3) is 3.85. The van der Waals surface area contributed by atoms with E-state index in [2.05, 4.69) is 10.6 Å². The number of aromatic hydroxyl groups is 1. The number of nitrogens with one attached hydrogen (secondary N) is 2. The van der Waals surface area contributed by atoms with Gasteiger partial charge in [-0.1, -0.05) is 0 Å². The molecule has 0 heterocycles. The van der Waals surface area contributed by atoms with E-state index in [9.17, 15) is 14.7 Å². The van der Waals surface area contributed by atoms with Gasteiger partial charge in [0, 0.05) is 24.9 Å². The first-order valence-electron chi connectivity index (χ1n) is 6.66. The molecule has 2 rings (SSSR count). The summed E-state index contributed by atoms with van der Waals surface area (Å²) >= 11 is 0. The minimum Gasteiger partial charge on any atom is -0.507 e. The summed E-state index contributed by atoms with van der Waals surface area (Å²) in [5, 5.41) is 23.7. The van der Waals surface area contributed by atoms with Gasteiger partial charge in [0.05, 0.1) is 6.10 Å².